The van der Waals surface area contributed by atoms with Crippen molar-refractivity contribution in [2.75, 3.05) is 0 Å². The highest BCUT2D eigenvalue weighted by atomic mass is 28.4. The van der Waals surface area contributed by atoms with Crippen molar-refractivity contribution in [2.45, 2.75) is 90.6 Å². The van der Waals surface area contributed by atoms with Gasteiger partial charge in [-0.3, -0.25) is 9.15 Å². The second kappa shape index (κ2) is 9.29. The Bertz CT molecular complexity index is 184. The number of unbranched alkanes of at least 4 members (excludes halogenated alkanes) is 4. The summed E-state index contributed by atoms with van der Waals surface area (Å²) in [6, 6.07) is 2.45. The van der Waals surface area contributed by atoms with Gasteiger partial charge in [-0.05, 0) is 38.3 Å². The van der Waals surface area contributed by atoms with Gasteiger partial charge in [0, 0.05) is 0 Å². The molecule has 0 aromatic heterocycles. The third-order valence-electron chi connectivity index (χ3n) is 3.26. The Morgan fingerprint density at radius 2 is 0.944 bits per heavy atom. The van der Waals surface area contributed by atoms with Crippen molar-refractivity contribution in [3.63, 3.8) is 0 Å². The van der Waals surface area contributed by atoms with Crippen LogP contribution in [0, 0.1) is 0 Å². The Morgan fingerprint density at radius 3 is 1.22 bits per heavy atom. The molecule has 0 bridgehead atoms. The molecule has 0 aromatic carbocycles. The first-order chi connectivity index (χ1) is 8.33. The molecule has 0 N–H and O–H groups in total. The van der Waals surface area contributed by atoms with E-state index in [2.05, 4.69) is 40.0 Å². The predicted molar refractivity (Wildman–Crippen MR) is 85.8 cm³/mol. The maximum atomic E-state index is 5.87. The average Bonchev–Trinajstić information content (AvgIpc) is 2.27. The number of rotatable bonds is 11. The van der Waals surface area contributed by atoms with Crippen LogP contribution in [0.1, 0.15) is 52.4 Å². The summed E-state index contributed by atoms with van der Waals surface area (Å²) < 4.78 is 11.7. The van der Waals surface area contributed by atoms with Gasteiger partial charge in [-0.15, -0.1) is 0 Å². The van der Waals surface area contributed by atoms with Gasteiger partial charge in [0.1, 0.15) is 0 Å². The van der Waals surface area contributed by atoms with Crippen molar-refractivity contribution in [1.29, 1.82) is 0 Å². The molecule has 18 heavy (non-hydrogen) atoms. The molecule has 0 spiro atoms. The Morgan fingerprint density at radius 1 is 0.611 bits per heavy atom. The highest BCUT2D eigenvalue weighted by molar-refractivity contribution is 6.73. The monoisotopic (exact) mass is 290 g/mol. The van der Waals surface area contributed by atoms with Crippen LogP contribution in [0.3, 0.4) is 0 Å². The fourth-order valence-electron chi connectivity index (χ4n) is 1.91. The zero-order chi connectivity index (χ0) is 14.1. The molecule has 0 atom stereocenters. The van der Waals surface area contributed by atoms with Crippen molar-refractivity contribution in [1.82, 2.24) is 0 Å². The van der Waals surface area contributed by atoms with Gasteiger partial charge < -0.3 is 0 Å². The smallest absolute Gasteiger partial charge is 0.231 e. The van der Waals surface area contributed by atoms with E-state index in [-0.39, 0.29) is 0 Å². The van der Waals surface area contributed by atoms with E-state index < -0.39 is 16.6 Å². The molecule has 2 nitrogen and oxygen atoms in total. The molecule has 0 unspecified atom stereocenters. The molecule has 110 valence electrons. The van der Waals surface area contributed by atoms with E-state index in [4.69, 9.17) is 9.15 Å². The molecule has 4 heteroatoms. The van der Waals surface area contributed by atoms with Crippen LogP contribution < -0.4 is 0 Å². The molecule has 0 heterocycles. The van der Waals surface area contributed by atoms with Crippen molar-refractivity contribution < 1.29 is 9.15 Å². The van der Waals surface area contributed by atoms with Crippen molar-refractivity contribution >= 4 is 16.6 Å². The third-order valence-corrected chi connectivity index (χ3v) is 7.61. The lowest BCUT2D eigenvalue weighted by molar-refractivity contribution is -0.125. The standard InChI is InChI=1S/C14H34O2Si2/c1-7-9-11-13-17(3,4)15-16-18(5,6)14-12-10-8-2/h7-14H2,1-6H3. The number of hydrogen-bond donors (Lipinski definition) is 0. The molecule has 0 saturated heterocycles. The lowest BCUT2D eigenvalue weighted by Gasteiger charge is -2.28. The van der Waals surface area contributed by atoms with Crippen LogP contribution in [0.5, 0.6) is 0 Å². The van der Waals surface area contributed by atoms with E-state index in [9.17, 15) is 0 Å². The Labute approximate surface area is 117 Å². The summed E-state index contributed by atoms with van der Waals surface area (Å²) >= 11 is 0. The zero-order valence-electron chi connectivity index (χ0n) is 13.5. The van der Waals surface area contributed by atoms with Gasteiger partial charge >= 0.3 is 0 Å². The summed E-state index contributed by atoms with van der Waals surface area (Å²) in [5, 5.41) is 0. The molecular weight excluding hydrogens is 256 g/mol. The largest absolute Gasteiger partial charge is 0.298 e. The highest BCUT2D eigenvalue weighted by Crippen LogP contribution is 2.22. The van der Waals surface area contributed by atoms with Crippen LogP contribution in [0.15, 0.2) is 0 Å². The van der Waals surface area contributed by atoms with Crippen molar-refractivity contribution in [3.8, 4) is 0 Å². The van der Waals surface area contributed by atoms with Crippen molar-refractivity contribution in [2.24, 2.45) is 0 Å². The summed E-state index contributed by atoms with van der Waals surface area (Å²) in [6.45, 7) is 13.6. The van der Waals surface area contributed by atoms with Crippen molar-refractivity contribution in [3.05, 3.63) is 0 Å². The van der Waals surface area contributed by atoms with Crippen LogP contribution >= 0.6 is 0 Å². The zero-order valence-corrected chi connectivity index (χ0v) is 15.5. The Balaban J connectivity index is 3.88. The second-order valence-electron chi connectivity index (χ2n) is 6.60. The van der Waals surface area contributed by atoms with E-state index in [1.54, 1.807) is 0 Å². The first-order valence-corrected chi connectivity index (χ1v) is 13.9. The van der Waals surface area contributed by atoms with Crippen LogP contribution in [0.2, 0.25) is 38.3 Å². The van der Waals surface area contributed by atoms with E-state index in [1.165, 1.54) is 50.6 Å². The first kappa shape index (κ1) is 18.4. The lowest BCUT2D eigenvalue weighted by atomic mass is 10.3. The first-order valence-electron chi connectivity index (χ1n) is 7.70. The molecule has 0 saturated carbocycles. The Hall–Kier alpha value is 0.354. The normalized spacial score (nSPS) is 13.0. The second-order valence-corrected chi connectivity index (χ2v) is 15.0. The van der Waals surface area contributed by atoms with E-state index in [0.29, 0.717) is 0 Å². The summed E-state index contributed by atoms with van der Waals surface area (Å²) in [7, 11) is -3.17. The summed E-state index contributed by atoms with van der Waals surface area (Å²) in [4.78, 5) is 0. The molecule has 0 rings (SSSR count). The van der Waals surface area contributed by atoms with Gasteiger partial charge in [0.05, 0.1) is 0 Å². The molecule has 0 radical (unpaired) electrons. The van der Waals surface area contributed by atoms with E-state index in [1.807, 2.05) is 0 Å². The third kappa shape index (κ3) is 10.3. The predicted octanol–water partition coefficient (Wildman–Crippen LogP) is 5.73. The minimum Gasteiger partial charge on any atom is -0.298 e. The molecule has 0 aliphatic heterocycles. The SMILES string of the molecule is CCCCC[Si](C)(C)OO[Si](C)(C)CCCCC. The molecule has 0 aliphatic rings. The summed E-state index contributed by atoms with van der Waals surface area (Å²) in [5.74, 6) is 0. The molecular formula is C14H34O2Si2. The highest BCUT2D eigenvalue weighted by Gasteiger charge is 2.30. The van der Waals surface area contributed by atoms with Gasteiger partial charge in [-0.2, -0.15) is 0 Å². The fourth-order valence-corrected chi connectivity index (χ4v) is 6.08. The van der Waals surface area contributed by atoms with Crippen LogP contribution in [-0.2, 0) is 9.15 Å². The minimum atomic E-state index is -1.59. The molecule has 0 amide bonds. The van der Waals surface area contributed by atoms with Crippen LogP contribution in [0.4, 0.5) is 0 Å². The van der Waals surface area contributed by atoms with Gasteiger partial charge in [0.25, 0.3) is 0 Å². The number of hydrogen-bond acceptors (Lipinski definition) is 2. The van der Waals surface area contributed by atoms with E-state index >= 15 is 0 Å². The van der Waals surface area contributed by atoms with Gasteiger partial charge in [0.15, 0.2) is 0 Å². The summed E-state index contributed by atoms with van der Waals surface area (Å²) in [6.07, 6.45) is 7.77. The van der Waals surface area contributed by atoms with Gasteiger partial charge in [0.2, 0.25) is 16.6 Å². The fraction of sp³-hybridized carbons (Fsp3) is 1.00. The average molecular weight is 291 g/mol. The maximum Gasteiger partial charge on any atom is 0.231 e. The molecule has 0 aliphatic carbocycles. The topological polar surface area (TPSA) is 18.5 Å². The Kier molecular flexibility index (Phi) is 9.47. The molecule has 0 fully saturated rings. The lowest BCUT2D eigenvalue weighted by Crippen LogP contribution is -2.38. The minimum absolute atomic E-state index is 1.22. The van der Waals surface area contributed by atoms with Gasteiger partial charge in [-0.1, -0.05) is 52.4 Å². The van der Waals surface area contributed by atoms with Gasteiger partial charge in [-0.25, -0.2) is 0 Å². The maximum absolute atomic E-state index is 5.87. The van der Waals surface area contributed by atoms with E-state index in [0.717, 1.165) is 0 Å². The van der Waals surface area contributed by atoms with Crippen LogP contribution in [0.25, 0.3) is 0 Å². The van der Waals surface area contributed by atoms with Crippen LogP contribution in [-0.4, -0.2) is 16.6 Å². The summed E-state index contributed by atoms with van der Waals surface area (Å²) in [5.41, 5.74) is 0. The quantitative estimate of drug-likeness (QED) is 0.209. The molecule has 0 aromatic rings.